The van der Waals surface area contributed by atoms with E-state index in [0.717, 1.165) is 18.7 Å². The fourth-order valence-corrected chi connectivity index (χ4v) is 2.24. The zero-order valence-electron chi connectivity index (χ0n) is 11.4. The minimum atomic E-state index is 0.211. The van der Waals surface area contributed by atoms with Crippen molar-refractivity contribution in [2.75, 3.05) is 5.32 Å². The third-order valence-electron chi connectivity index (χ3n) is 3.15. The molecule has 0 amide bonds. The molecule has 0 saturated heterocycles. The van der Waals surface area contributed by atoms with Gasteiger partial charge in [0.25, 0.3) is 0 Å². The fourth-order valence-electron chi connectivity index (χ4n) is 2.24. The first-order valence-corrected chi connectivity index (χ1v) is 6.54. The van der Waals surface area contributed by atoms with Gasteiger partial charge in [-0.2, -0.15) is 0 Å². The fraction of sp³-hybridized carbons (Fsp3) is 0.400. The van der Waals surface area contributed by atoms with Crippen molar-refractivity contribution in [1.29, 1.82) is 0 Å². The molecule has 0 aliphatic rings. The summed E-state index contributed by atoms with van der Waals surface area (Å²) < 4.78 is 2.06. The summed E-state index contributed by atoms with van der Waals surface area (Å²) in [5, 5.41) is 3.56. The van der Waals surface area contributed by atoms with E-state index < -0.39 is 0 Å². The van der Waals surface area contributed by atoms with Crippen LogP contribution >= 0.6 is 0 Å². The molecule has 2 aromatic rings. The van der Waals surface area contributed by atoms with Crippen molar-refractivity contribution in [2.45, 2.75) is 32.7 Å². The molecular weight excluding hydrogens is 222 g/mol. The number of aryl methyl sites for hydroxylation is 2. The van der Waals surface area contributed by atoms with Crippen molar-refractivity contribution < 1.29 is 0 Å². The summed E-state index contributed by atoms with van der Waals surface area (Å²) in [7, 11) is 2.03. The third-order valence-corrected chi connectivity index (χ3v) is 3.15. The number of nitrogens with zero attached hydrogens (tertiary/aromatic N) is 2. The smallest absolute Gasteiger partial charge is 0.130 e. The molecule has 1 atom stereocenters. The van der Waals surface area contributed by atoms with Crippen LogP contribution < -0.4 is 5.32 Å². The van der Waals surface area contributed by atoms with E-state index in [1.54, 1.807) is 0 Å². The Labute approximate surface area is 109 Å². The number of para-hydroxylation sites is 1. The molecule has 1 aromatic carbocycles. The lowest BCUT2D eigenvalue weighted by atomic mass is 10.1. The average molecular weight is 243 g/mol. The van der Waals surface area contributed by atoms with E-state index in [1.165, 1.54) is 11.3 Å². The van der Waals surface area contributed by atoms with Gasteiger partial charge in [0.15, 0.2) is 0 Å². The summed E-state index contributed by atoms with van der Waals surface area (Å²) >= 11 is 0. The van der Waals surface area contributed by atoms with Gasteiger partial charge in [0, 0.05) is 25.1 Å². The molecule has 0 saturated carbocycles. The zero-order chi connectivity index (χ0) is 13.0. The van der Waals surface area contributed by atoms with Crippen molar-refractivity contribution in [1.82, 2.24) is 9.55 Å². The number of benzene rings is 1. The molecule has 1 unspecified atom stereocenters. The van der Waals surface area contributed by atoms with Crippen LogP contribution in [0.1, 0.15) is 37.7 Å². The average Bonchev–Trinajstić information content (AvgIpc) is 2.78. The van der Waals surface area contributed by atoms with Crippen LogP contribution in [0.2, 0.25) is 0 Å². The Kier molecular flexibility index (Phi) is 4.03. The number of imidazole rings is 1. The van der Waals surface area contributed by atoms with Crippen LogP contribution in [-0.4, -0.2) is 9.55 Å². The number of nitrogens with one attached hydrogen (secondary N) is 1. The Hall–Kier alpha value is -1.77. The van der Waals surface area contributed by atoms with Crippen LogP contribution in [0.15, 0.2) is 36.7 Å². The Bertz CT molecular complexity index is 502. The minimum absolute atomic E-state index is 0.211. The summed E-state index contributed by atoms with van der Waals surface area (Å²) in [5.74, 6) is 1.06. The molecule has 1 aromatic heterocycles. The maximum absolute atomic E-state index is 4.39. The molecule has 0 aliphatic carbocycles. The lowest BCUT2D eigenvalue weighted by Crippen LogP contribution is -2.13. The van der Waals surface area contributed by atoms with Gasteiger partial charge in [0.05, 0.1) is 6.04 Å². The van der Waals surface area contributed by atoms with Gasteiger partial charge in [-0.05, 0) is 25.0 Å². The molecule has 3 heteroatoms. The maximum Gasteiger partial charge on any atom is 0.130 e. The standard InChI is InChI=1S/C15H21N3/c1-4-7-13-8-5-6-9-14(13)17-12(2)15-16-10-11-18(15)3/h5-6,8-12,17H,4,7H2,1-3H3. The molecule has 0 bridgehead atoms. The highest BCUT2D eigenvalue weighted by Crippen LogP contribution is 2.22. The van der Waals surface area contributed by atoms with E-state index in [1.807, 2.05) is 19.4 Å². The van der Waals surface area contributed by atoms with Gasteiger partial charge in [0.2, 0.25) is 0 Å². The van der Waals surface area contributed by atoms with Gasteiger partial charge in [-0.25, -0.2) is 4.98 Å². The lowest BCUT2D eigenvalue weighted by molar-refractivity contribution is 0.720. The normalized spacial score (nSPS) is 12.4. The number of anilines is 1. The van der Waals surface area contributed by atoms with Crippen molar-refractivity contribution >= 4 is 5.69 Å². The van der Waals surface area contributed by atoms with Crippen LogP contribution in [0, 0.1) is 0 Å². The predicted octanol–water partition coefficient (Wildman–Crippen LogP) is 3.55. The predicted molar refractivity (Wildman–Crippen MR) is 75.7 cm³/mol. The van der Waals surface area contributed by atoms with Gasteiger partial charge in [-0.3, -0.25) is 0 Å². The van der Waals surface area contributed by atoms with Gasteiger partial charge < -0.3 is 9.88 Å². The summed E-state index contributed by atoms with van der Waals surface area (Å²) in [5.41, 5.74) is 2.59. The summed E-state index contributed by atoms with van der Waals surface area (Å²) in [6.45, 7) is 4.35. The van der Waals surface area contributed by atoms with Crippen molar-refractivity contribution in [3.05, 3.63) is 48.0 Å². The molecular formula is C15H21N3. The van der Waals surface area contributed by atoms with Crippen LogP contribution in [0.5, 0.6) is 0 Å². The molecule has 0 spiro atoms. The van der Waals surface area contributed by atoms with Crippen LogP contribution in [0.25, 0.3) is 0 Å². The quantitative estimate of drug-likeness (QED) is 0.870. The van der Waals surface area contributed by atoms with Gasteiger partial charge in [0.1, 0.15) is 5.82 Å². The van der Waals surface area contributed by atoms with E-state index in [-0.39, 0.29) is 6.04 Å². The first-order chi connectivity index (χ1) is 8.72. The molecule has 3 nitrogen and oxygen atoms in total. The van der Waals surface area contributed by atoms with Gasteiger partial charge >= 0.3 is 0 Å². The minimum Gasteiger partial charge on any atom is -0.375 e. The Balaban J connectivity index is 2.16. The van der Waals surface area contributed by atoms with E-state index >= 15 is 0 Å². The van der Waals surface area contributed by atoms with Crippen molar-refractivity contribution in [3.63, 3.8) is 0 Å². The van der Waals surface area contributed by atoms with Gasteiger partial charge in [-0.15, -0.1) is 0 Å². The molecule has 0 aliphatic heterocycles. The Morgan fingerprint density at radius 2 is 2.11 bits per heavy atom. The number of hydrogen-bond donors (Lipinski definition) is 1. The molecule has 0 radical (unpaired) electrons. The van der Waals surface area contributed by atoms with Crippen molar-refractivity contribution in [2.24, 2.45) is 7.05 Å². The SMILES string of the molecule is CCCc1ccccc1NC(C)c1nccn1C. The highest BCUT2D eigenvalue weighted by Gasteiger charge is 2.11. The highest BCUT2D eigenvalue weighted by molar-refractivity contribution is 5.52. The summed E-state index contributed by atoms with van der Waals surface area (Å²) in [6, 6.07) is 8.72. The first kappa shape index (κ1) is 12.7. The zero-order valence-corrected chi connectivity index (χ0v) is 11.4. The van der Waals surface area contributed by atoms with Gasteiger partial charge in [-0.1, -0.05) is 31.5 Å². The lowest BCUT2D eigenvalue weighted by Gasteiger charge is -2.17. The Morgan fingerprint density at radius 3 is 2.78 bits per heavy atom. The molecule has 2 rings (SSSR count). The number of hydrogen-bond acceptors (Lipinski definition) is 2. The highest BCUT2D eigenvalue weighted by atomic mass is 15.1. The molecule has 18 heavy (non-hydrogen) atoms. The molecule has 1 N–H and O–H groups in total. The third kappa shape index (κ3) is 2.73. The van der Waals surface area contributed by atoms with E-state index in [0.29, 0.717) is 0 Å². The van der Waals surface area contributed by atoms with Crippen LogP contribution in [0.4, 0.5) is 5.69 Å². The molecule has 1 heterocycles. The Morgan fingerprint density at radius 1 is 1.33 bits per heavy atom. The van der Waals surface area contributed by atoms with Crippen LogP contribution in [0.3, 0.4) is 0 Å². The second-order valence-corrected chi connectivity index (χ2v) is 4.67. The maximum atomic E-state index is 4.39. The van der Waals surface area contributed by atoms with Crippen molar-refractivity contribution in [3.8, 4) is 0 Å². The first-order valence-electron chi connectivity index (χ1n) is 6.54. The summed E-state index contributed by atoms with van der Waals surface area (Å²) in [6.07, 6.45) is 6.09. The molecule has 96 valence electrons. The largest absolute Gasteiger partial charge is 0.375 e. The molecule has 0 fully saturated rings. The van der Waals surface area contributed by atoms with E-state index in [2.05, 4.69) is 53.0 Å². The number of rotatable bonds is 5. The second-order valence-electron chi connectivity index (χ2n) is 4.67. The summed E-state index contributed by atoms with van der Waals surface area (Å²) in [4.78, 5) is 4.39. The van der Waals surface area contributed by atoms with E-state index in [4.69, 9.17) is 0 Å². The van der Waals surface area contributed by atoms with Crippen LogP contribution in [-0.2, 0) is 13.5 Å². The topological polar surface area (TPSA) is 29.9 Å². The van der Waals surface area contributed by atoms with E-state index in [9.17, 15) is 0 Å². The monoisotopic (exact) mass is 243 g/mol. The number of aromatic nitrogens is 2. The second kappa shape index (κ2) is 5.71.